The minimum absolute atomic E-state index is 0.500. The van der Waals surface area contributed by atoms with E-state index in [-0.39, 0.29) is 0 Å². The van der Waals surface area contributed by atoms with E-state index >= 15 is 0 Å². The molecule has 0 aliphatic heterocycles. The Hall–Kier alpha value is -1.42. The van der Waals surface area contributed by atoms with Crippen LogP contribution in [0, 0.1) is 0 Å². The van der Waals surface area contributed by atoms with Gasteiger partial charge in [-0.05, 0) is 11.5 Å². The summed E-state index contributed by atoms with van der Waals surface area (Å²) in [4.78, 5) is 0. The third-order valence-corrected chi connectivity index (χ3v) is 1.57. The minimum Gasteiger partial charge on any atom is -0.381 e. The van der Waals surface area contributed by atoms with Crippen molar-refractivity contribution in [2.24, 2.45) is 0 Å². The maximum Gasteiger partial charge on any atom is 0.158 e. The lowest BCUT2D eigenvalue weighted by Crippen LogP contribution is -1.81. The Morgan fingerprint density at radius 3 is 1.67 bits per heavy atom. The monoisotopic (exact) mass is 179 g/mol. The summed E-state index contributed by atoms with van der Waals surface area (Å²) in [6.45, 7) is 0. The first-order chi connectivity index (χ1) is 5.89. The number of nitrogens with two attached hydrogens (primary N) is 1. The van der Waals surface area contributed by atoms with Gasteiger partial charge in [-0.25, -0.2) is 0 Å². The number of benzene rings is 1. The van der Waals surface area contributed by atoms with Gasteiger partial charge in [-0.15, -0.1) is 5.10 Å². The summed E-state index contributed by atoms with van der Waals surface area (Å²) >= 11 is 1.25. The third-order valence-electron chi connectivity index (χ3n) is 1.04. The van der Waals surface area contributed by atoms with E-state index in [1.54, 1.807) is 5.38 Å². The molecule has 4 heteroatoms. The molecule has 2 N–H and O–H groups in total. The number of nitrogen functional groups attached to an aromatic ring is 1. The second-order valence-electron chi connectivity index (χ2n) is 1.98. The van der Waals surface area contributed by atoms with E-state index in [0.717, 1.165) is 0 Å². The van der Waals surface area contributed by atoms with Crippen LogP contribution in [0.15, 0.2) is 41.8 Å². The van der Waals surface area contributed by atoms with Crippen molar-refractivity contribution in [1.29, 1.82) is 0 Å². The van der Waals surface area contributed by atoms with Crippen LogP contribution in [-0.2, 0) is 0 Å². The van der Waals surface area contributed by atoms with Gasteiger partial charge in [0.25, 0.3) is 0 Å². The normalized spacial score (nSPS) is 8.33. The Balaban J connectivity index is 0.000000120. The van der Waals surface area contributed by atoms with Crippen LogP contribution in [0.3, 0.4) is 0 Å². The van der Waals surface area contributed by atoms with Gasteiger partial charge in [-0.1, -0.05) is 40.9 Å². The number of rotatable bonds is 0. The smallest absolute Gasteiger partial charge is 0.158 e. The molecule has 12 heavy (non-hydrogen) atoms. The van der Waals surface area contributed by atoms with Crippen molar-refractivity contribution in [1.82, 2.24) is 9.59 Å². The molecule has 0 unspecified atom stereocenters. The highest BCUT2D eigenvalue weighted by Gasteiger charge is 1.78. The lowest BCUT2D eigenvalue weighted by molar-refractivity contribution is 1.17. The number of hydrogen-bond acceptors (Lipinski definition) is 4. The van der Waals surface area contributed by atoms with Crippen molar-refractivity contribution in [3.05, 3.63) is 41.8 Å². The zero-order chi connectivity index (χ0) is 8.65. The number of aromatic nitrogens is 2. The van der Waals surface area contributed by atoms with Gasteiger partial charge in [0.05, 0.1) is 5.38 Å². The number of hydrogen-bond donors (Lipinski definition) is 1. The zero-order valence-electron chi connectivity index (χ0n) is 6.42. The van der Waals surface area contributed by atoms with Crippen LogP contribution in [0.5, 0.6) is 0 Å². The van der Waals surface area contributed by atoms with Crippen LogP contribution in [-0.4, -0.2) is 9.59 Å². The highest BCUT2D eigenvalue weighted by molar-refractivity contribution is 7.03. The van der Waals surface area contributed by atoms with Gasteiger partial charge in [0.2, 0.25) is 0 Å². The first-order valence-corrected chi connectivity index (χ1v) is 4.26. The van der Waals surface area contributed by atoms with Gasteiger partial charge in [0.1, 0.15) is 0 Å². The molecule has 0 spiro atoms. The highest BCUT2D eigenvalue weighted by atomic mass is 32.1. The average Bonchev–Trinajstić information content (AvgIpc) is 2.60. The minimum atomic E-state index is 0.500. The van der Waals surface area contributed by atoms with Crippen molar-refractivity contribution in [2.75, 3.05) is 5.73 Å². The summed E-state index contributed by atoms with van der Waals surface area (Å²) in [7, 11) is 0. The van der Waals surface area contributed by atoms with Gasteiger partial charge in [0, 0.05) is 0 Å². The summed E-state index contributed by atoms with van der Waals surface area (Å²) in [5.41, 5.74) is 5.11. The Morgan fingerprint density at radius 1 is 1.00 bits per heavy atom. The summed E-state index contributed by atoms with van der Waals surface area (Å²) in [5.74, 6) is 0.500. The van der Waals surface area contributed by atoms with E-state index in [0.29, 0.717) is 5.82 Å². The molecule has 1 heterocycles. The lowest BCUT2D eigenvalue weighted by atomic mass is 10.4. The van der Waals surface area contributed by atoms with E-state index in [9.17, 15) is 0 Å². The molecule has 0 amide bonds. The summed E-state index contributed by atoms with van der Waals surface area (Å²) in [5, 5.41) is 5.14. The Kier molecular flexibility index (Phi) is 3.80. The predicted molar refractivity (Wildman–Crippen MR) is 50.8 cm³/mol. The molecule has 0 radical (unpaired) electrons. The first kappa shape index (κ1) is 8.67. The molecule has 0 fully saturated rings. The zero-order valence-corrected chi connectivity index (χ0v) is 7.24. The Morgan fingerprint density at radius 2 is 1.50 bits per heavy atom. The van der Waals surface area contributed by atoms with Crippen LogP contribution in [0.4, 0.5) is 5.82 Å². The Bertz CT molecular complexity index is 254. The molecule has 1 aromatic heterocycles. The van der Waals surface area contributed by atoms with E-state index in [4.69, 9.17) is 5.73 Å². The number of nitrogens with zero attached hydrogens (tertiary/aromatic N) is 2. The summed E-state index contributed by atoms with van der Waals surface area (Å²) in [6, 6.07) is 12.0. The van der Waals surface area contributed by atoms with Gasteiger partial charge in [-0.2, -0.15) is 0 Å². The molecule has 62 valence electrons. The topological polar surface area (TPSA) is 51.8 Å². The molecule has 1 aromatic carbocycles. The van der Waals surface area contributed by atoms with Crippen molar-refractivity contribution >= 4 is 17.4 Å². The molecule has 2 rings (SSSR count). The van der Waals surface area contributed by atoms with Crippen LogP contribution >= 0.6 is 11.5 Å². The van der Waals surface area contributed by atoms with Crippen LogP contribution < -0.4 is 5.73 Å². The molecule has 0 atom stereocenters. The highest BCUT2D eigenvalue weighted by Crippen LogP contribution is 1.94. The van der Waals surface area contributed by atoms with Crippen LogP contribution in [0.2, 0.25) is 0 Å². The van der Waals surface area contributed by atoms with E-state index in [1.165, 1.54) is 11.5 Å². The maximum atomic E-state index is 5.11. The standard InChI is InChI=1S/C6H6.C2H3N3S/c1-2-4-6-5-3-1;3-2-1-6-5-4-2/h1-6H;1H,3H2. The molecule has 3 nitrogen and oxygen atoms in total. The van der Waals surface area contributed by atoms with Crippen LogP contribution in [0.1, 0.15) is 0 Å². The quantitative estimate of drug-likeness (QED) is 0.671. The fourth-order valence-electron chi connectivity index (χ4n) is 0.557. The molecule has 2 aromatic rings. The summed E-state index contributed by atoms with van der Waals surface area (Å²) < 4.78 is 3.49. The van der Waals surface area contributed by atoms with Crippen molar-refractivity contribution in [3.63, 3.8) is 0 Å². The second kappa shape index (κ2) is 5.26. The molecular weight excluding hydrogens is 170 g/mol. The first-order valence-electron chi connectivity index (χ1n) is 3.42. The molecule has 0 aliphatic carbocycles. The van der Waals surface area contributed by atoms with Crippen LogP contribution in [0.25, 0.3) is 0 Å². The molecular formula is C8H9N3S. The SMILES string of the molecule is Nc1csnn1.c1ccccc1. The second-order valence-corrected chi connectivity index (χ2v) is 2.59. The maximum absolute atomic E-state index is 5.11. The summed E-state index contributed by atoms with van der Waals surface area (Å²) in [6.07, 6.45) is 0. The molecule has 0 bridgehead atoms. The van der Waals surface area contributed by atoms with E-state index in [1.807, 2.05) is 36.4 Å². The van der Waals surface area contributed by atoms with Gasteiger partial charge in [-0.3, -0.25) is 0 Å². The number of anilines is 1. The van der Waals surface area contributed by atoms with Crippen molar-refractivity contribution in [2.45, 2.75) is 0 Å². The van der Waals surface area contributed by atoms with Gasteiger partial charge in [0.15, 0.2) is 5.82 Å². The predicted octanol–water partition coefficient (Wildman–Crippen LogP) is 1.81. The average molecular weight is 179 g/mol. The van der Waals surface area contributed by atoms with Gasteiger partial charge >= 0.3 is 0 Å². The van der Waals surface area contributed by atoms with Crippen molar-refractivity contribution < 1.29 is 0 Å². The molecule has 0 saturated carbocycles. The van der Waals surface area contributed by atoms with Crippen molar-refractivity contribution in [3.8, 4) is 0 Å². The fraction of sp³-hybridized carbons (Fsp3) is 0. The molecule has 0 aliphatic rings. The largest absolute Gasteiger partial charge is 0.381 e. The Labute approximate surface area is 75.0 Å². The fourth-order valence-corrected chi connectivity index (χ4v) is 0.900. The third kappa shape index (κ3) is 3.68. The van der Waals surface area contributed by atoms with E-state index in [2.05, 4.69) is 9.59 Å². The van der Waals surface area contributed by atoms with Gasteiger partial charge < -0.3 is 5.73 Å². The lowest BCUT2D eigenvalue weighted by Gasteiger charge is -1.69. The van der Waals surface area contributed by atoms with E-state index < -0.39 is 0 Å². The molecule has 0 saturated heterocycles.